The predicted molar refractivity (Wildman–Crippen MR) is 84.8 cm³/mol. The average molecular weight is 271 g/mol. The smallest absolute Gasteiger partial charge is 0.134 e. The fraction of sp³-hybridized carbons (Fsp3) is 0.444. The third-order valence-electron chi connectivity index (χ3n) is 3.56. The number of furan rings is 1. The lowest BCUT2D eigenvalue weighted by Crippen LogP contribution is -2.18. The largest absolute Gasteiger partial charge is 0.459 e. The number of hydrogen-bond donors (Lipinski definition) is 1. The van der Waals surface area contributed by atoms with Crippen molar-refractivity contribution in [2.45, 2.75) is 46.1 Å². The average Bonchev–Trinajstić information content (AvgIpc) is 2.95. The lowest BCUT2D eigenvalue weighted by molar-refractivity contribution is 0.438. The van der Waals surface area contributed by atoms with Crippen LogP contribution in [0.15, 0.2) is 40.8 Å². The molecule has 2 aromatic rings. The lowest BCUT2D eigenvalue weighted by Gasteiger charge is -2.10. The van der Waals surface area contributed by atoms with Crippen molar-refractivity contribution in [2.75, 3.05) is 6.54 Å². The van der Waals surface area contributed by atoms with E-state index in [1.54, 1.807) is 0 Å². The van der Waals surface area contributed by atoms with E-state index in [0.717, 1.165) is 37.3 Å². The van der Waals surface area contributed by atoms with Crippen LogP contribution in [0.25, 0.3) is 11.3 Å². The molecule has 20 heavy (non-hydrogen) atoms. The molecule has 0 spiro atoms. The Morgan fingerprint density at radius 1 is 1.05 bits per heavy atom. The summed E-state index contributed by atoms with van der Waals surface area (Å²) in [5.41, 5.74) is 2.59. The van der Waals surface area contributed by atoms with E-state index >= 15 is 0 Å². The highest BCUT2D eigenvalue weighted by Gasteiger charge is 2.12. The van der Waals surface area contributed by atoms with Gasteiger partial charge in [-0.25, -0.2) is 0 Å². The summed E-state index contributed by atoms with van der Waals surface area (Å²) in [4.78, 5) is 0. The molecule has 2 heteroatoms. The van der Waals surface area contributed by atoms with Gasteiger partial charge >= 0.3 is 0 Å². The summed E-state index contributed by atoms with van der Waals surface area (Å²) < 4.78 is 6.05. The Hall–Kier alpha value is -1.54. The zero-order chi connectivity index (χ0) is 14.4. The van der Waals surface area contributed by atoms with Gasteiger partial charge < -0.3 is 9.73 Å². The summed E-state index contributed by atoms with van der Waals surface area (Å²) in [6.07, 6.45) is 3.38. The van der Waals surface area contributed by atoms with Crippen LogP contribution in [-0.2, 0) is 6.42 Å². The third kappa shape index (κ3) is 3.51. The standard InChI is InChI=1S/C18H25NO/c1-4-8-15-9-6-7-10-16(15)18-12-11-17(20-18)14(3)19-13-5-2/h6-7,9-12,14,19H,4-5,8,13H2,1-3H3. The molecule has 0 saturated heterocycles. The summed E-state index contributed by atoms with van der Waals surface area (Å²) in [5, 5.41) is 3.46. The van der Waals surface area contributed by atoms with E-state index in [4.69, 9.17) is 4.42 Å². The minimum Gasteiger partial charge on any atom is -0.459 e. The van der Waals surface area contributed by atoms with E-state index in [2.05, 4.69) is 62.5 Å². The van der Waals surface area contributed by atoms with Crippen molar-refractivity contribution in [3.05, 3.63) is 47.7 Å². The van der Waals surface area contributed by atoms with Gasteiger partial charge in [0, 0.05) is 5.56 Å². The fourth-order valence-electron chi connectivity index (χ4n) is 2.44. The molecule has 0 radical (unpaired) electrons. The van der Waals surface area contributed by atoms with Gasteiger partial charge in [-0.3, -0.25) is 0 Å². The Bertz CT molecular complexity index is 530. The topological polar surface area (TPSA) is 25.2 Å². The van der Waals surface area contributed by atoms with Crippen LogP contribution >= 0.6 is 0 Å². The monoisotopic (exact) mass is 271 g/mol. The maximum atomic E-state index is 6.05. The highest BCUT2D eigenvalue weighted by molar-refractivity contribution is 5.62. The molecule has 1 aromatic heterocycles. The molecule has 0 aliphatic heterocycles. The van der Waals surface area contributed by atoms with Crippen molar-refractivity contribution in [3.8, 4) is 11.3 Å². The molecular weight excluding hydrogens is 246 g/mol. The molecular formula is C18H25NO. The van der Waals surface area contributed by atoms with E-state index in [0.29, 0.717) is 0 Å². The molecule has 1 aromatic carbocycles. The number of nitrogens with one attached hydrogen (secondary N) is 1. The molecule has 0 aliphatic carbocycles. The second kappa shape index (κ2) is 7.30. The van der Waals surface area contributed by atoms with E-state index in [9.17, 15) is 0 Å². The Balaban J connectivity index is 2.20. The van der Waals surface area contributed by atoms with Gasteiger partial charge in [0.05, 0.1) is 6.04 Å². The van der Waals surface area contributed by atoms with Crippen LogP contribution in [0.2, 0.25) is 0 Å². The highest BCUT2D eigenvalue weighted by atomic mass is 16.3. The van der Waals surface area contributed by atoms with Crippen LogP contribution in [0.4, 0.5) is 0 Å². The first-order chi connectivity index (χ1) is 9.76. The molecule has 0 saturated carbocycles. The van der Waals surface area contributed by atoms with Gasteiger partial charge in [0.15, 0.2) is 0 Å². The van der Waals surface area contributed by atoms with Gasteiger partial charge in [0.1, 0.15) is 11.5 Å². The highest BCUT2D eigenvalue weighted by Crippen LogP contribution is 2.28. The Morgan fingerprint density at radius 3 is 2.60 bits per heavy atom. The molecule has 2 rings (SSSR count). The summed E-state index contributed by atoms with van der Waals surface area (Å²) in [5.74, 6) is 1.99. The number of aryl methyl sites for hydroxylation is 1. The first-order valence-electron chi connectivity index (χ1n) is 7.67. The molecule has 2 nitrogen and oxygen atoms in total. The molecule has 0 amide bonds. The molecule has 0 bridgehead atoms. The normalized spacial score (nSPS) is 12.6. The van der Waals surface area contributed by atoms with Crippen LogP contribution < -0.4 is 5.32 Å². The Morgan fingerprint density at radius 2 is 1.85 bits per heavy atom. The van der Waals surface area contributed by atoms with Crippen molar-refractivity contribution < 1.29 is 4.42 Å². The Labute approximate surface area is 122 Å². The van der Waals surface area contributed by atoms with Crippen molar-refractivity contribution in [3.63, 3.8) is 0 Å². The van der Waals surface area contributed by atoms with Gasteiger partial charge in [-0.1, -0.05) is 44.5 Å². The fourth-order valence-corrected chi connectivity index (χ4v) is 2.44. The maximum Gasteiger partial charge on any atom is 0.134 e. The summed E-state index contributed by atoms with van der Waals surface area (Å²) >= 11 is 0. The SMILES string of the molecule is CCCNC(C)c1ccc(-c2ccccc2CCC)o1. The molecule has 0 aliphatic rings. The molecule has 1 N–H and O–H groups in total. The first-order valence-corrected chi connectivity index (χ1v) is 7.67. The number of benzene rings is 1. The van der Waals surface area contributed by atoms with Crippen LogP contribution in [0.1, 0.15) is 51.0 Å². The summed E-state index contributed by atoms with van der Waals surface area (Å²) in [6, 6.07) is 13.0. The minimum atomic E-state index is 0.266. The van der Waals surface area contributed by atoms with Crippen LogP contribution in [0.5, 0.6) is 0 Å². The molecule has 1 unspecified atom stereocenters. The first kappa shape index (κ1) is 14.9. The quantitative estimate of drug-likeness (QED) is 0.770. The predicted octanol–water partition coefficient (Wildman–Crippen LogP) is 4.96. The third-order valence-corrected chi connectivity index (χ3v) is 3.56. The summed E-state index contributed by atoms with van der Waals surface area (Å²) in [7, 11) is 0. The molecule has 108 valence electrons. The van der Waals surface area contributed by atoms with Crippen molar-refractivity contribution in [2.24, 2.45) is 0 Å². The van der Waals surface area contributed by atoms with Crippen molar-refractivity contribution in [1.29, 1.82) is 0 Å². The summed E-state index contributed by atoms with van der Waals surface area (Å²) in [6.45, 7) is 7.55. The van der Waals surface area contributed by atoms with Gasteiger partial charge in [-0.15, -0.1) is 0 Å². The van der Waals surface area contributed by atoms with Gasteiger partial charge in [0.2, 0.25) is 0 Å². The van der Waals surface area contributed by atoms with Crippen LogP contribution in [0.3, 0.4) is 0 Å². The minimum absolute atomic E-state index is 0.266. The zero-order valence-corrected chi connectivity index (χ0v) is 12.8. The second-order valence-corrected chi connectivity index (χ2v) is 5.28. The van der Waals surface area contributed by atoms with E-state index < -0.39 is 0 Å². The number of hydrogen-bond acceptors (Lipinski definition) is 2. The molecule has 1 atom stereocenters. The molecule has 0 fully saturated rings. The van der Waals surface area contributed by atoms with E-state index in [-0.39, 0.29) is 6.04 Å². The Kier molecular flexibility index (Phi) is 5.42. The zero-order valence-electron chi connectivity index (χ0n) is 12.8. The van der Waals surface area contributed by atoms with Gasteiger partial charge in [-0.2, -0.15) is 0 Å². The number of rotatable bonds is 7. The molecule has 1 heterocycles. The van der Waals surface area contributed by atoms with Gasteiger partial charge in [0.25, 0.3) is 0 Å². The van der Waals surface area contributed by atoms with E-state index in [1.165, 1.54) is 11.1 Å². The van der Waals surface area contributed by atoms with Crippen LogP contribution in [0, 0.1) is 0 Å². The van der Waals surface area contributed by atoms with E-state index in [1.807, 2.05) is 0 Å². The van der Waals surface area contributed by atoms with Crippen molar-refractivity contribution >= 4 is 0 Å². The lowest BCUT2D eigenvalue weighted by atomic mass is 10.0. The van der Waals surface area contributed by atoms with Crippen molar-refractivity contribution in [1.82, 2.24) is 5.32 Å². The second-order valence-electron chi connectivity index (χ2n) is 5.28. The van der Waals surface area contributed by atoms with Crippen LogP contribution in [-0.4, -0.2) is 6.54 Å². The van der Waals surface area contributed by atoms with Gasteiger partial charge in [-0.05, 0) is 44.0 Å². The maximum absolute atomic E-state index is 6.05.